The van der Waals surface area contributed by atoms with E-state index >= 15 is 0 Å². The summed E-state index contributed by atoms with van der Waals surface area (Å²) >= 11 is 10.0. The molecule has 31 nitrogen and oxygen atoms in total. The number of hydrogen-bond acceptors (Lipinski definition) is 21. The van der Waals surface area contributed by atoms with Gasteiger partial charge in [-0.1, -0.05) is 103 Å². The van der Waals surface area contributed by atoms with Gasteiger partial charge in [0.1, 0.15) is 22.9 Å². The minimum Gasteiger partial charge on any atom is -1.00 e. The number of carbonyl (C=O) groups is 7. The summed E-state index contributed by atoms with van der Waals surface area (Å²) in [7, 11) is 0.665. The van der Waals surface area contributed by atoms with Gasteiger partial charge in [0, 0.05) is 55.8 Å². The second-order valence-corrected chi connectivity index (χ2v) is 26.6. The van der Waals surface area contributed by atoms with E-state index < -0.39 is 103 Å². The van der Waals surface area contributed by atoms with Crippen molar-refractivity contribution in [2.75, 3.05) is 57.9 Å². The number of rotatable bonds is 36. The Morgan fingerprint density at radius 2 is 0.950 bits per heavy atom. The van der Waals surface area contributed by atoms with E-state index in [0.717, 1.165) is 36.7 Å². The van der Waals surface area contributed by atoms with Gasteiger partial charge in [0.25, 0.3) is 17.6 Å². The van der Waals surface area contributed by atoms with E-state index in [9.17, 15) is 65.1 Å². The largest absolute Gasteiger partial charge is 1.00 e. The molecule has 3 amide bonds. The third-order valence-electron chi connectivity index (χ3n) is 11.7. The molecule has 0 spiro atoms. The summed E-state index contributed by atoms with van der Waals surface area (Å²) in [5, 5.41) is 24.7. The van der Waals surface area contributed by atoms with E-state index in [0.29, 0.717) is 64.1 Å². The Bertz CT molecular complexity index is 2800. The summed E-state index contributed by atoms with van der Waals surface area (Å²) in [5.41, 5.74) is -5.21. The minimum atomic E-state index is -3.83. The van der Waals surface area contributed by atoms with Crippen molar-refractivity contribution in [1.82, 2.24) is 35.5 Å². The second kappa shape index (κ2) is 69.9. The average molecular weight is 1560 g/mol. The number of hydrogen-bond donors (Lipinski definition) is 7. The van der Waals surface area contributed by atoms with Crippen molar-refractivity contribution in [3.63, 3.8) is 0 Å². The number of nitrogens with zero attached hydrogens (tertiary/aromatic N) is 2. The number of quaternary nitrogens is 1. The number of carboxylic acids is 1. The molecule has 0 radical (unpaired) electrons. The fourth-order valence-electron chi connectivity index (χ4n) is 7.25. The van der Waals surface area contributed by atoms with Crippen molar-refractivity contribution in [3.8, 4) is 0 Å². The van der Waals surface area contributed by atoms with Crippen molar-refractivity contribution in [2.24, 2.45) is 0 Å². The molecular formula is C62H116Cl3F2N8Na2O23S+. The number of halogens is 5. The molecule has 0 aliphatic carbocycles. The second-order valence-electron chi connectivity index (χ2n) is 24.0. The molecule has 0 unspecified atom stereocenters. The first kappa shape index (κ1) is 115. The Balaban J connectivity index is -0.000000126. The zero-order chi connectivity index (χ0) is 75.5. The number of alkyl halides is 2. The fourth-order valence-corrected chi connectivity index (χ4v) is 8.10. The molecule has 0 fully saturated rings. The molecule has 101 heavy (non-hydrogen) atoms. The number of aromatic nitrogens is 4. The number of alkyl carbamates (subject to hydrolysis) is 3. The van der Waals surface area contributed by atoms with Gasteiger partial charge in [-0.05, 0) is 127 Å². The molecule has 0 aliphatic rings. The van der Waals surface area contributed by atoms with Gasteiger partial charge in [-0.25, -0.2) is 28.2 Å². The number of amides is 3. The van der Waals surface area contributed by atoms with Crippen LogP contribution in [0.2, 0.25) is 0 Å². The molecule has 584 valence electrons. The van der Waals surface area contributed by atoms with Gasteiger partial charge < -0.3 is 71.3 Å². The Kier molecular flexibility index (Phi) is 79.6. The molecule has 0 aliphatic heterocycles. The van der Waals surface area contributed by atoms with Crippen LogP contribution in [0.4, 0.5) is 23.2 Å². The summed E-state index contributed by atoms with van der Waals surface area (Å²) < 4.78 is 75.0. The quantitative estimate of drug-likeness (QED) is 0.00490. The average Bonchev–Trinajstić information content (AvgIpc) is 0.869. The number of esters is 2. The van der Waals surface area contributed by atoms with Gasteiger partial charge in [-0.15, -0.1) is 0 Å². The number of aliphatic carboxylic acids is 1. The molecule has 0 bridgehead atoms. The van der Waals surface area contributed by atoms with Crippen molar-refractivity contribution in [1.29, 1.82) is 0 Å². The molecular weight excluding hydrogens is 1450 g/mol. The fraction of sp³-hybridized carbons (Fsp3) is 0.758. The zero-order valence-corrected chi connectivity index (χ0v) is 68.2. The summed E-state index contributed by atoms with van der Waals surface area (Å²) in [6.07, 6.45) is 18.2. The van der Waals surface area contributed by atoms with Crippen LogP contribution in [0.3, 0.4) is 0 Å². The maximum atomic E-state index is 13.1. The topological polar surface area (TPSA) is 450 Å². The Morgan fingerprint density at radius 3 is 1.23 bits per heavy atom. The Morgan fingerprint density at radius 1 is 0.604 bits per heavy atom. The molecule has 9 N–H and O–H groups in total. The molecule has 0 saturated carbocycles. The third-order valence-corrected chi connectivity index (χ3v) is 12.7. The standard InChI is InChI=1S/C16H24FN3O6.C16H36N.C12H22ClNO4.C11H21NO4.C4H3FN2O2.CH2Cl2O3S.CH2O3.CH4.2Na.H2O.H/c1-16(2,3)26-15(24)18-8-6-4-5-7-12(21)25-10-20-9-11(17)13(22)19-14(20)23;1-5-9-13-17(14-10-6-2,15-11-7-3)16-12-8-4;1-12(2,3)18-11(16)14-8-6-4-5-7-10(15)17-9-13;1-11(2,3)16-10(15)12-8-6-4-5-7-9(13)14;5-2-1-6-4(9)7-3(2)8;2-1-6-7(3,4)5;2-1-4-3;;;;;/h9H,4-8,10H2,1-3H3,(H,18,24)(H,19,22,23);5-16H2,1-4H3;4-9H2,1-3H3,(H,14,16);4-8H2,1-3H3,(H,12,15)(H,13,14);1H,(H2,6,7,8,9);1H2;1,3H;1H4;;;1H2;/q;+1;;;;;;;2*+1;;-1/p-1. The number of unbranched alkanes of at least 4 members (excludes halogenated alkanes) is 10. The number of carboxylic acid groups (broad SMARTS) is 1. The van der Waals surface area contributed by atoms with Crippen LogP contribution in [0.1, 0.15) is 227 Å². The van der Waals surface area contributed by atoms with Crippen LogP contribution < -0.4 is 103 Å². The molecule has 2 heterocycles. The van der Waals surface area contributed by atoms with Crippen LogP contribution in [0, 0.1) is 11.6 Å². The van der Waals surface area contributed by atoms with Gasteiger partial charge in [-0.2, -0.15) is 17.2 Å². The van der Waals surface area contributed by atoms with Crippen LogP contribution in [-0.2, 0) is 68.0 Å². The van der Waals surface area contributed by atoms with Crippen LogP contribution in [-0.4, -0.2) is 160 Å². The molecule has 2 aromatic heterocycles. The molecule has 39 heteroatoms. The predicted octanol–water partition coefficient (Wildman–Crippen LogP) is 3.48. The third kappa shape index (κ3) is 84.4. The maximum Gasteiger partial charge on any atom is 1.00 e. The van der Waals surface area contributed by atoms with Crippen molar-refractivity contribution < 1.29 is 164 Å². The summed E-state index contributed by atoms with van der Waals surface area (Å²) in [6.45, 7) is 32.0. The Hall–Kier alpha value is -4.43. The van der Waals surface area contributed by atoms with E-state index in [1.54, 1.807) is 51.5 Å². The number of H-pyrrole nitrogens is 3. The minimum absolute atomic E-state index is 0. The number of nitrogens with one attached hydrogen (secondary N) is 6. The maximum absolute atomic E-state index is 13.1. The van der Waals surface area contributed by atoms with Crippen molar-refractivity contribution in [3.05, 3.63) is 65.7 Å². The van der Waals surface area contributed by atoms with E-state index in [1.165, 1.54) is 82.0 Å². The van der Waals surface area contributed by atoms with Gasteiger partial charge in [0.2, 0.25) is 11.6 Å². The molecule has 2 rings (SSSR count). The Labute approximate surface area is 653 Å². The van der Waals surface area contributed by atoms with Gasteiger partial charge in [0.15, 0.2) is 12.8 Å². The van der Waals surface area contributed by atoms with Gasteiger partial charge in [0.05, 0.1) is 32.4 Å². The molecule has 0 atom stereocenters. The van der Waals surface area contributed by atoms with Gasteiger partial charge >= 0.3 is 116 Å². The first-order valence-corrected chi connectivity index (χ1v) is 35.2. The number of ether oxygens (including phenoxy) is 5. The molecule has 0 saturated heterocycles. The predicted molar refractivity (Wildman–Crippen MR) is 372 cm³/mol. The van der Waals surface area contributed by atoms with Crippen LogP contribution in [0.5, 0.6) is 0 Å². The SMILES string of the molecule is C.CC(C)(C)OC(=O)NCCCCCC(=O)O.CC(C)(C)OC(=O)NCCCCCC(=O)OCCl.CC(C)(C)OC(=O)NCCCCCC(=O)OCn1cc(F)c(=O)[nH]c1=O.CCCC[N+](CCCC)(CCCC)CCCC.O.O=CO[O-].O=S(=O)(Cl)OCCl.O=c1[nH]cc(F)c(=O)[nH]1.[H-].[Na+].[Na+]. The monoisotopic (exact) mass is 1560 g/mol. The normalized spacial score (nSPS) is 10.4. The molecule has 0 aromatic carbocycles. The van der Waals surface area contributed by atoms with E-state index in [2.05, 4.69) is 68.1 Å². The zero-order valence-electron chi connectivity index (χ0n) is 62.2. The van der Waals surface area contributed by atoms with Crippen molar-refractivity contribution in [2.45, 2.75) is 249 Å². The number of carbonyl (C=O) groups excluding carboxylic acids is 6. The van der Waals surface area contributed by atoms with Crippen LogP contribution >= 0.6 is 33.9 Å². The van der Waals surface area contributed by atoms with E-state index in [4.69, 9.17) is 57.3 Å². The van der Waals surface area contributed by atoms with Crippen LogP contribution in [0.15, 0.2) is 31.6 Å². The summed E-state index contributed by atoms with van der Waals surface area (Å²) in [6, 6.07) is -0.537. The van der Waals surface area contributed by atoms with Gasteiger partial charge in [-0.3, -0.25) is 43.3 Å². The smallest absolute Gasteiger partial charge is 1.00 e. The number of aromatic amines is 3. The molecule has 2 aromatic rings. The summed E-state index contributed by atoms with van der Waals surface area (Å²) in [5.74, 6) is -3.75. The van der Waals surface area contributed by atoms with Crippen molar-refractivity contribution >= 4 is 85.9 Å². The first-order valence-electron chi connectivity index (χ1n) is 31.8. The first-order chi connectivity index (χ1) is 45.2. The van der Waals surface area contributed by atoms with Crippen LogP contribution in [0.25, 0.3) is 0 Å². The summed E-state index contributed by atoms with van der Waals surface area (Å²) in [4.78, 5) is 126. The van der Waals surface area contributed by atoms with E-state index in [1.807, 2.05) is 25.8 Å². The van der Waals surface area contributed by atoms with E-state index in [-0.39, 0.29) is 105 Å².